The second-order valence-electron chi connectivity index (χ2n) is 3.41. The number of carboxylic acid groups (broad SMARTS) is 1. The van der Waals surface area contributed by atoms with E-state index in [0.717, 1.165) is 0 Å². The summed E-state index contributed by atoms with van der Waals surface area (Å²) in [5.41, 5.74) is 0.626. The van der Waals surface area contributed by atoms with Crippen molar-refractivity contribution in [3.8, 4) is 0 Å². The molecule has 0 saturated heterocycles. The lowest BCUT2D eigenvalue weighted by atomic mass is 9.85. The first-order valence-electron chi connectivity index (χ1n) is 4.31. The Balaban J connectivity index is 2.27. The van der Waals surface area contributed by atoms with Gasteiger partial charge in [-0.3, -0.25) is 4.79 Å². The third-order valence-electron chi connectivity index (χ3n) is 2.59. The molecule has 0 spiro atoms. The number of aliphatic carboxylic acids is 1. The van der Waals surface area contributed by atoms with Crippen molar-refractivity contribution in [1.29, 1.82) is 0 Å². The van der Waals surface area contributed by atoms with E-state index in [9.17, 15) is 14.4 Å². The summed E-state index contributed by atoms with van der Waals surface area (Å²) in [5, 5.41) is 8.75. The molecular formula is C9H8O5. The third kappa shape index (κ3) is 1.21. The summed E-state index contributed by atoms with van der Waals surface area (Å²) in [6, 6.07) is 0. The van der Waals surface area contributed by atoms with E-state index in [-0.39, 0.29) is 12.0 Å². The zero-order valence-electron chi connectivity index (χ0n) is 7.28. The van der Waals surface area contributed by atoms with Crippen molar-refractivity contribution < 1.29 is 24.2 Å². The van der Waals surface area contributed by atoms with Gasteiger partial charge in [0.15, 0.2) is 0 Å². The van der Waals surface area contributed by atoms with E-state index in [1.165, 1.54) is 0 Å². The fourth-order valence-corrected chi connectivity index (χ4v) is 1.79. The lowest BCUT2D eigenvalue weighted by molar-refractivity contribution is -0.151. The molecule has 5 nitrogen and oxygen atoms in total. The summed E-state index contributed by atoms with van der Waals surface area (Å²) in [6.07, 6.45) is 0.850. The monoisotopic (exact) mass is 196 g/mol. The molecule has 2 aliphatic rings. The molecule has 74 valence electrons. The molecule has 0 aromatic rings. The molecule has 5 heteroatoms. The number of rotatable bonds is 1. The second kappa shape index (κ2) is 2.94. The zero-order valence-corrected chi connectivity index (χ0v) is 7.28. The summed E-state index contributed by atoms with van der Waals surface area (Å²) in [6.45, 7) is 0. The van der Waals surface area contributed by atoms with Crippen LogP contribution in [0.1, 0.15) is 19.3 Å². The van der Waals surface area contributed by atoms with Crippen LogP contribution in [-0.2, 0) is 19.1 Å². The van der Waals surface area contributed by atoms with Crippen LogP contribution in [0.4, 0.5) is 0 Å². The van der Waals surface area contributed by atoms with Gasteiger partial charge >= 0.3 is 17.9 Å². The van der Waals surface area contributed by atoms with Gasteiger partial charge in [0.25, 0.3) is 0 Å². The Morgan fingerprint density at radius 1 is 1.29 bits per heavy atom. The van der Waals surface area contributed by atoms with E-state index < -0.39 is 23.8 Å². The molecule has 0 fully saturated rings. The van der Waals surface area contributed by atoms with Crippen LogP contribution in [0.5, 0.6) is 0 Å². The number of carboxylic acids is 1. The summed E-state index contributed by atoms with van der Waals surface area (Å²) >= 11 is 0. The molecule has 14 heavy (non-hydrogen) atoms. The molecule has 1 aliphatic heterocycles. The number of carbonyl (C=O) groups is 3. The predicted octanol–water partition coefficient (Wildman–Crippen LogP) is 0.251. The minimum absolute atomic E-state index is 0.120. The molecule has 0 saturated carbocycles. The van der Waals surface area contributed by atoms with Gasteiger partial charge in [-0.15, -0.1) is 0 Å². The van der Waals surface area contributed by atoms with E-state index in [1.807, 2.05) is 0 Å². The Bertz CT molecular complexity index is 365. The predicted molar refractivity (Wildman–Crippen MR) is 43.1 cm³/mol. The number of esters is 2. The molecule has 2 rings (SSSR count). The molecule has 0 aromatic heterocycles. The van der Waals surface area contributed by atoms with Crippen molar-refractivity contribution in [3.05, 3.63) is 11.1 Å². The minimum Gasteiger partial charge on any atom is -0.481 e. The molecule has 1 atom stereocenters. The first kappa shape index (κ1) is 8.93. The first-order valence-corrected chi connectivity index (χ1v) is 4.31. The SMILES string of the molecule is O=C1OC(=O)C2=C1CCC(C(=O)O)C2. The van der Waals surface area contributed by atoms with Gasteiger partial charge in [-0.05, 0) is 19.3 Å². The maximum absolute atomic E-state index is 11.1. The average Bonchev–Trinajstić information content (AvgIpc) is 2.42. The smallest absolute Gasteiger partial charge is 0.342 e. The molecular weight excluding hydrogens is 188 g/mol. The van der Waals surface area contributed by atoms with Crippen molar-refractivity contribution in [1.82, 2.24) is 0 Å². The highest BCUT2D eigenvalue weighted by Gasteiger charge is 2.39. The fraction of sp³-hybridized carbons (Fsp3) is 0.444. The average molecular weight is 196 g/mol. The van der Waals surface area contributed by atoms with Crippen molar-refractivity contribution >= 4 is 17.9 Å². The van der Waals surface area contributed by atoms with Gasteiger partial charge in [0.1, 0.15) is 0 Å². The van der Waals surface area contributed by atoms with Crippen molar-refractivity contribution in [2.75, 3.05) is 0 Å². The highest BCUT2D eigenvalue weighted by atomic mass is 16.6. The molecule has 1 heterocycles. The normalized spacial score (nSPS) is 26.1. The van der Waals surface area contributed by atoms with Gasteiger partial charge in [0, 0.05) is 11.1 Å². The minimum atomic E-state index is -0.927. The van der Waals surface area contributed by atoms with Crippen LogP contribution < -0.4 is 0 Å². The van der Waals surface area contributed by atoms with E-state index in [0.29, 0.717) is 18.4 Å². The van der Waals surface area contributed by atoms with Gasteiger partial charge in [-0.2, -0.15) is 0 Å². The van der Waals surface area contributed by atoms with Crippen LogP contribution in [0, 0.1) is 5.92 Å². The van der Waals surface area contributed by atoms with Gasteiger partial charge in [-0.1, -0.05) is 0 Å². The second-order valence-corrected chi connectivity index (χ2v) is 3.41. The third-order valence-corrected chi connectivity index (χ3v) is 2.59. The number of ether oxygens (including phenoxy) is 1. The maximum atomic E-state index is 11.1. The highest BCUT2D eigenvalue weighted by molar-refractivity contribution is 6.12. The fourth-order valence-electron chi connectivity index (χ4n) is 1.79. The molecule has 0 radical (unpaired) electrons. The van der Waals surface area contributed by atoms with Crippen LogP contribution in [0.25, 0.3) is 0 Å². The summed E-state index contributed by atoms with van der Waals surface area (Å²) in [7, 11) is 0. The van der Waals surface area contributed by atoms with E-state index in [1.54, 1.807) is 0 Å². The lowest BCUT2D eigenvalue weighted by Crippen LogP contribution is -2.20. The van der Waals surface area contributed by atoms with E-state index in [2.05, 4.69) is 4.74 Å². The zero-order chi connectivity index (χ0) is 10.3. The van der Waals surface area contributed by atoms with Crippen LogP contribution in [-0.4, -0.2) is 23.0 Å². The topological polar surface area (TPSA) is 80.7 Å². The van der Waals surface area contributed by atoms with Crippen LogP contribution >= 0.6 is 0 Å². The standard InChI is InChI=1S/C9H8O5/c10-7(11)4-1-2-5-6(3-4)9(13)14-8(5)12/h4H,1-3H2,(H,10,11). The Kier molecular flexibility index (Phi) is 1.87. The number of cyclic esters (lactones) is 2. The van der Waals surface area contributed by atoms with Crippen LogP contribution in [0.15, 0.2) is 11.1 Å². The van der Waals surface area contributed by atoms with E-state index in [4.69, 9.17) is 5.11 Å². The Morgan fingerprint density at radius 3 is 2.57 bits per heavy atom. The summed E-state index contributed by atoms with van der Waals surface area (Å²) < 4.78 is 4.39. The van der Waals surface area contributed by atoms with Crippen LogP contribution in [0.2, 0.25) is 0 Å². The molecule has 0 aromatic carbocycles. The lowest BCUT2D eigenvalue weighted by Gasteiger charge is -2.16. The number of carbonyl (C=O) groups excluding carboxylic acids is 2. The molecule has 0 amide bonds. The van der Waals surface area contributed by atoms with Crippen LogP contribution in [0.3, 0.4) is 0 Å². The molecule has 0 bridgehead atoms. The summed E-state index contributed by atoms with van der Waals surface area (Å²) in [5.74, 6) is -2.76. The Labute approximate surface area is 79.3 Å². The van der Waals surface area contributed by atoms with Crippen molar-refractivity contribution in [2.24, 2.45) is 5.92 Å². The van der Waals surface area contributed by atoms with Gasteiger partial charge in [-0.25, -0.2) is 9.59 Å². The quantitative estimate of drug-likeness (QED) is 0.480. The van der Waals surface area contributed by atoms with Gasteiger partial charge in [0.05, 0.1) is 5.92 Å². The molecule has 1 N–H and O–H groups in total. The van der Waals surface area contributed by atoms with E-state index >= 15 is 0 Å². The van der Waals surface area contributed by atoms with Gasteiger partial charge in [0.2, 0.25) is 0 Å². The Hall–Kier alpha value is -1.65. The first-order chi connectivity index (χ1) is 6.59. The number of hydrogen-bond donors (Lipinski definition) is 1. The molecule has 1 unspecified atom stereocenters. The van der Waals surface area contributed by atoms with Gasteiger partial charge < -0.3 is 9.84 Å². The Morgan fingerprint density at radius 2 is 1.93 bits per heavy atom. The van der Waals surface area contributed by atoms with Crippen molar-refractivity contribution in [3.63, 3.8) is 0 Å². The number of hydrogen-bond acceptors (Lipinski definition) is 4. The maximum Gasteiger partial charge on any atom is 0.342 e. The molecule has 1 aliphatic carbocycles. The largest absolute Gasteiger partial charge is 0.481 e. The highest BCUT2D eigenvalue weighted by Crippen LogP contribution is 2.34. The van der Waals surface area contributed by atoms with Crippen molar-refractivity contribution in [2.45, 2.75) is 19.3 Å². The summed E-state index contributed by atoms with van der Waals surface area (Å²) in [4.78, 5) is 32.8.